The number of ether oxygens (including phenoxy) is 7. The minimum absolute atomic E-state index is 0.0886. The molecule has 1 aromatic carbocycles. The second-order valence-corrected chi connectivity index (χ2v) is 20.2. The molecule has 1 aromatic rings. The maximum absolute atomic E-state index is 14.4. The Balaban J connectivity index is 1.50. The molecule has 2 aliphatic carbocycles. The average molecular weight is 842 g/mol. The molecule has 2 heterocycles. The van der Waals surface area contributed by atoms with Crippen LogP contribution in [0.4, 0.5) is 9.59 Å². The van der Waals surface area contributed by atoms with Crippen molar-refractivity contribution in [3.63, 3.8) is 0 Å². The SMILES string of the molecule is Cc1ccc2c3c1O[C@H]1C(OC(=O)C[C@H](NC(=O)OC(C)(C)C)C(=O)OC(C)(C)C)=CC[C@@]4(OC(=O)C[C@H](NC(=O)OC(C)(C)C)C(=O)OC(C)(C)C)[C@@H](C2)N(C)CC[C@]314. The molecule has 5 rings (SSSR count). The third-order valence-corrected chi connectivity index (χ3v) is 10.6. The topological polar surface area (TPSA) is 194 Å². The molecular weight excluding hydrogens is 778 g/mol. The van der Waals surface area contributed by atoms with E-state index in [9.17, 15) is 28.8 Å². The first kappa shape index (κ1) is 46.2. The first-order chi connectivity index (χ1) is 27.4. The zero-order valence-electron chi connectivity index (χ0n) is 37.5. The molecular formula is C44H63N3O13. The van der Waals surface area contributed by atoms with Gasteiger partial charge in [-0.15, -0.1) is 0 Å². The molecule has 2 amide bonds. The monoisotopic (exact) mass is 841 g/mol. The molecule has 1 saturated heterocycles. The number of aryl methyl sites for hydroxylation is 1. The lowest BCUT2D eigenvalue weighted by molar-refractivity contribution is -0.207. The van der Waals surface area contributed by atoms with Gasteiger partial charge in [-0.05, 0) is 134 Å². The number of carbonyl (C=O) groups excluding carboxylic acids is 6. The number of carbonyl (C=O) groups is 6. The average Bonchev–Trinajstić information content (AvgIpc) is 3.41. The van der Waals surface area contributed by atoms with E-state index in [2.05, 4.69) is 15.5 Å². The van der Waals surface area contributed by atoms with Crippen LogP contribution in [0.5, 0.6) is 5.75 Å². The number of esters is 4. The number of piperidine rings is 1. The van der Waals surface area contributed by atoms with Crippen LogP contribution in [0.1, 0.15) is 125 Å². The lowest BCUT2D eigenvalue weighted by Crippen LogP contribution is -2.75. The van der Waals surface area contributed by atoms with E-state index < -0.39 is 101 Å². The van der Waals surface area contributed by atoms with Crippen molar-refractivity contribution in [1.29, 1.82) is 0 Å². The maximum Gasteiger partial charge on any atom is 0.408 e. The van der Waals surface area contributed by atoms with Crippen molar-refractivity contribution in [3.05, 3.63) is 40.7 Å². The van der Waals surface area contributed by atoms with Crippen LogP contribution in [0.15, 0.2) is 24.0 Å². The van der Waals surface area contributed by atoms with Crippen molar-refractivity contribution in [1.82, 2.24) is 15.5 Å². The summed E-state index contributed by atoms with van der Waals surface area (Å²) in [7, 11) is 1.96. The van der Waals surface area contributed by atoms with Gasteiger partial charge in [0.1, 0.15) is 51.6 Å². The first-order valence-electron chi connectivity index (χ1n) is 20.5. The number of likely N-dealkylation sites (tertiary alicyclic amines) is 1. The summed E-state index contributed by atoms with van der Waals surface area (Å²) in [5.41, 5.74) is -3.27. The standard InChI is InChI=1S/C44H63N3O13/c1-24-15-16-25-21-29-44(56-31(49)23-27(36(51)58-40(5,6)7)46-38(53)60-42(11,12)13)18-17-28(34-43(44,19-20-47(29)14)32(25)33(24)55-34)54-30(48)22-26(35(50)57-39(2,3)4)45-37(52)59-41(8,9)10/h15-17,26-27,29,34H,18-23H2,1-14H3,(H,45,52)(H,46,53)/t26-,27-,29+,34-,43-,44+/m0/s1. The molecule has 2 bridgehead atoms. The normalized spacial score (nSPS) is 24.3. The molecule has 6 atom stereocenters. The predicted molar refractivity (Wildman–Crippen MR) is 217 cm³/mol. The van der Waals surface area contributed by atoms with Gasteiger partial charge in [-0.3, -0.25) is 14.5 Å². The quantitative estimate of drug-likeness (QED) is 0.218. The Labute approximate surface area is 352 Å². The summed E-state index contributed by atoms with van der Waals surface area (Å²) < 4.78 is 41.5. The Kier molecular flexibility index (Phi) is 12.5. The number of rotatable bonds is 10. The minimum Gasteiger partial charge on any atom is -0.481 e. The summed E-state index contributed by atoms with van der Waals surface area (Å²) >= 11 is 0. The van der Waals surface area contributed by atoms with Crippen LogP contribution < -0.4 is 15.4 Å². The number of hydrogen-bond acceptors (Lipinski definition) is 14. The van der Waals surface area contributed by atoms with Gasteiger partial charge in [-0.25, -0.2) is 19.2 Å². The zero-order chi connectivity index (χ0) is 45.0. The van der Waals surface area contributed by atoms with Crippen LogP contribution in [0.2, 0.25) is 0 Å². The molecule has 60 heavy (non-hydrogen) atoms. The van der Waals surface area contributed by atoms with Gasteiger partial charge in [-0.2, -0.15) is 0 Å². The van der Waals surface area contributed by atoms with Crippen LogP contribution in [-0.4, -0.2) is 107 Å². The lowest BCUT2D eigenvalue weighted by atomic mass is 9.50. The smallest absolute Gasteiger partial charge is 0.408 e. The Morgan fingerprint density at radius 2 is 1.27 bits per heavy atom. The predicted octanol–water partition coefficient (Wildman–Crippen LogP) is 5.62. The van der Waals surface area contributed by atoms with Gasteiger partial charge in [0, 0.05) is 12.0 Å². The van der Waals surface area contributed by atoms with E-state index >= 15 is 0 Å². The van der Waals surface area contributed by atoms with Crippen molar-refractivity contribution >= 4 is 36.1 Å². The van der Waals surface area contributed by atoms with Gasteiger partial charge in [0.2, 0.25) is 0 Å². The molecule has 0 radical (unpaired) electrons. The lowest BCUT2D eigenvalue weighted by Gasteiger charge is -2.62. The molecule has 1 spiro atoms. The van der Waals surface area contributed by atoms with Crippen molar-refractivity contribution in [2.24, 2.45) is 0 Å². The second-order valence-electron chi connectivity index (χ2n) is 20.2. The summed E-state index contributed by atoms with van der Waals surface area (Å²) in [6, 6.07) is 0.752. The van der Waals surface area contributed by atoms with Crippen molar-refractivity contribution in [2.45, 2.75) is 180 Å². The Morgan fingerprint density at radius 3 is 1.77 bits per heavy atom. The van der Waals surface area contributed by atoms with Crippen molar-refractivity contribution < 1.29 is 61.9 Å². The molecule has 2 aliphatic heterocycles. The second kappa shape index (κ2) is 16.2. The Hall–Kier alpha value is -4.86. The summed E-state index contributed by atoms with van der Waals surface area (Å²) in [4.78, 5) is 83.0. The van der Waals surface area contributed by atoms with E-state index in [-0.39, 0.29) is 18.2 Å². The number of nitrogens with zero attached hydrogens (tertiary/aromatic N) is 1. The molecule has 0 unspecified atom stereocenters. The summed E-state index contributed by atoms with van der Waals surface area (Å²) in [6.07, 6.45) is -1.23. The number of nitrogens with one attached hydrogen (secondary N) is 2. The Morgan fingerprint density at radius 1 is 0.767 bits per heavy atom. The summed E-state index contributed by atoms with van der Waals surface area (Å²) in [5.74, 6) is -2.55. The number of amides is 2. The van der Waals surface area contributed by atoms with E-state index in [1.807, 2.05) is 26.1 Å². The molecule has 1 fully saturated rings. The molecule has 332 valence electrons. The van der Waals surface area contributed by atoms with E-state index in [1.165, 1.54) is 0 Å². The number of alkyl carbamates (subject to hydrolysis) is 2. The van der Waals surface area contributed by atoms with Crippen LogP contribution in [-0.2, 0) is 59.4 Å². The van der Waals surface area contributed by atoms with Gasteiger partial charge in [0.05, 0.1) is 24.3 Å². The van der Waals surface area contributed by atoms with Crippen LogP contribution in [0, 0.1) is 6.92 Å². The molecule has 16 heteroatoms. The van der Waals surface area contributed by atoms with Crippen LogP contribution >= 0.6 is 0 Å². The first-order valence-corrected chi connectivity index (χ1v) is 20.5. The Bertz CT molecular complexity index is 1930. The summed E-state index contributed by atoms with van der Waals surface area (Å²) in [5, 5.41) is 4.98. The van der Waals surface area contributed by atoms with E-state index in [0.29, 0.717) is 25.1 Å². The molecule has 16 nitrogen and oxygen atoms in total. The molecule has 0 saturated carbocycles. The largest absolute Gasteiger partial charge is 0.481 e. The van der Waals surface area contributed by atoms with Gasteiger partial charge in [-0.1, -0.05) is 12.1 Å². The maximum atomic E-state index is 14.4. The van der Waals surface area contributed by atoms with E-state index in [0.717, 1.165) is 16.7 Å². The third-order valence-electron chi connectivity index (χ3n) is 10.6. The van der Waals surface area contributed by atoms with Crippen LogP contribution in [0.25, 0.3) is 0 Å². The zero-order valence-corrected chi connectivity index (χ0v) is 37.5. The minimum atomic E-state index is -1.45. The van der Waals surface area contributed by atoms with Gasteiger partial charge >= 0.3 is 36.1 Å². The highest BCUT2D eigenvalue weighted by Crippen LogP contribution is 2.65. The van der Waals surface area contributed by atoms with Crippen molar-refractivity contribution in [3.8, 4) is 5.75 Å². The molecule has 4 aliphatic rings. The molecule has 2 N–H and O–H groups in total. The van der Waals surface area contributed by atoms with Gasteiger partial charge in [0.25, 0.3) is 0 Å². The van der Waals surface area contributed by atoms with Crippen molar-refractivity contribution in [2.75, 3.05) is 13.6 Å². The van der Waals surface area contributed by atoms with Gasteiger partial charge in [0.15, 0.2) is 6.10 Å². The highest BCUT2D eigenvalue weighted by atomic mass is 16.6. The number of likely N-dealkylation sites (N-methyl/N-ethyl adjacent to an activating group) is 1. The van der Waals surface area contributed by atoms with E-state index in [1.54, 1.807) is 89.2 Å². The third kappa shape index (κ3) is 10.0. The van der Waals surface area contributed by atoms with Gasteiger partial charge < -0.3 is 43.8 Å². The fourth-order valence-electron chi connectivity index (χ4n) is 8.54. The van der Waals surface area contributed by atoms with E-state index in [4.69, 9.17) is 33.2 Å². The number of hydrogen-bond donors (Lipinski definition) is 2. The highest BCUT2D eigenvalue weighted by Gasteiger charge is 2.74. The molecule has 0 aromatic heterocycles. The fourth-order valence-corrected chi connectivity index (χ4v) is 8.54. The summed E-state index contributed by atoms with van der Waals surface area (Å²) in [6.45, 7) is 22.6. The fraction of sp³-hybridized carbons (Fsp3) is 0.682. The number of benzene rings is 1. The van der Waals surface area contributed by atoms with Crippen LogP contribution in [0.3, 0.4) is 0 Å². The highest BCUT2D eigenvalue weighted by molar-refractivity contribution is 5.88.